The Labute approximate surface area is 87.5 Å². The summed E-state index contributed by atoms with van der Waals surface area (Å²) in [5.41, 5.74) is 0. The second-order valence-corrected chi connectivity index (χ2v) is 3.21. The summed E-state index contributed by atoms with van der Waals surface area (Å²) < 4.78 is 0. The van der Waals surface area contributed by atoms with E-state index in [0.29, 0.717) is 19.6 Å². The van der Waals surface area contributed by atoms with E-state index in [2.05, 4.69) is 5.32 Å². The highest BCUT2D eigenvalue weighted by atomic mass is 16.7. The van der Waals surface area contributed by atoms with Crippen LogP contribution in [0.5, 0.6) is 0 Å². The molecule has 0 aromatic rings. The zero-order chi connectivity index (χ0) is 11.4. The monoisotopic (exact) mass is 217 g/mol. The van der Waals surface area contributed by atoms with E-state index in [1.807, 2.05) is 0 Å². The summed E-state index contributed by atoms with van der Waals surface area (Å²) in [5.74, 6) is -0.368. The Balaban J connectivity index is 2.71. The van der Waals surface area contributed by atoms with Crippen molar-refractivity contribution in [1.29, 1.82) is 0 Å². The number of carbonyl (C=O) groups excluding carboxylic acids is 1. The average Bonchev–Trinajstić information content (AvgIpc) is 2.27. The van der Waals surface area contributed by atoms with Crippen molar-refractivity contribution in [2.75, 3.05) is 33.8 Å². The molecule has 1 heterocycles. The molecule has 0 saturated carbocycles. The largest absolute Gasteiger partial charge is 0.465 e. The van der Waals surface area contributed by atoms with Gasteiger partial charge in [-0.25, -0.2) is 9.86 Å². The minimum atomic E-state index is -1.08. The van der Waals surface area contributed by atoms with Gasteiger partial charge in [0.1, 0.15) is 6.04 Å². The van der Waals surface area contributed by atoms with Crippen LogP contribution in [0.4, 0.5) is 4.79 Å². The lowest BCUT2D eigenvalue weighted by molar-refractivity contribution is -0.174. The summed E-state index contributed by atoms with van der Waals surface area (Å²) >= 11 is 0. The molecule has 1 atom stereocenters. The standard InChI is InChI=1S/C8H15N3O4/c1-10(15-2)7(12)6-5-9-3-4-11(6)8(13)14/h6,9H,3-5H2,1-2H3,(H,13,14). The van der Waals surface area contributed by atoms with Crippen LogP contribution in [0.3, 0.4) is 0 Å². The van der Waals surface area contributed by atoms with Crippen molar-refractivity contribution >= 4 is 12.0 Å². The molecule has 7 nitrogen and oxygen atoms in total. The van der Waals surface area contributed by atoms with Gasteiger partial charge in [-0.05, 0) is 0 Å². The third kappa shape index (κ3) is 2.57. The molecule has 15 heavy (non-hydrogen) atoms. The Bertz CT molecular complexity index is 258. The van der Waals surface area contributed by atoms with E-state index >= 15 is 0 Å². The van der Waals surface area contributed by atoms with E-state index < -0.39 is 12.1 Å². The van der Waals surface area contributed by atoms with Crippen LogP contribution in [0.2, 0.25) is 0 Å². The fourth-order valence-electron chi connectivity index (χ4n) is 1.45. The first kappa shape index (κ1) is 11.7. The van der Waals surface area contributed by atoms with Crippen LogP contribution in [-0.4, -0.2) is 66.9 Å². The number of nitrogens with zero attached hydrogens (tertiary/aromatic N) is 2. The number of amides is 2. The lowest BCUT2D eigenvalue weighted by atomic mass is 10.2. The Hall–Kier alpha value is -1.34. The molecule has 0 aromatic carbocycles. The predicted octanol–water partition coefficient (Wildman–Crippen LogP) is -1.04. The third-order valence-electron chi connectivity index (χ3n) is 2.36. The number of nitrogens with one attached hydrogen (secondary N) is 1. The minimum Gasteiger partial charge on any atom is -0.465 e. The lowest BCUT2D eigenvalue weighted by Gasteiger charge is -2.34. The Kier molecular flexibility index (Phi) is 3.87. The van der Waals surface area contributed by atoms with Crippen LogP contribution in [0.25, 0.3) is 0 Å². The van der Waals surface area contributed by atoms with Crippen molar-refractivity contribution in [3.05, 3.63) is 0 Å². The molecular formula is C8H15N3O4. The van der Waals surface area contributed by atoms with Crippen molar-refractivity contribution in [3.63, 3.8) is 0 Å². The van der Waals surface area contributed by atoms with Crippen molar-refractivity contribution in [2.45, 2.75) is 6.04 Å². The fraction of sp³-hybridized carbons (Fsp3) is 0.750. The first-order valence-electron chi connectivity index (χ1n) is 4.60. The van der Waals surface area contributed by atoms with E-state index in [0.717, 1.165) is 9.96 Å². The summed E-state index contributed by atoms with van der Waals surface area (Å²) in [6.45, 7) is 1.19. The van der Waals surface area contributed by atoms with Crippen molar-refractivity contribution < 1.29 is 19.5 Å². The molecule has 86 valence electrons. The van der Waals surface area contributed by atoms with Crippen LogP contribution < -0.4 is 5.32 Å². The highest BCUT2D eigenvalue weighted by molar-refractivity contribution is 5.85. The van der Waals surface area contributed by atoms with Crippen LogP contribution in [0, 0.1) is 0 Å². The number of hydrogen-bond acceptors (Lipinski definition) is 4. The highest BCUT2D eigenvalue weighted by Gasteiger charge is 2.33. The zero-order valence-electron chi connectivity index (χ0n) is 8.77. The molecule has 1 unspecified atom stereocenters. The summed E-state index contributed by atoms with van der Waals surface area (Å²) in [5, 5.41) is 12.9. The van der Waals surface area contributed by atoms with Crippen molar-refractivity contribution in [3.8, 4) is 0 Å². The van der Waals surface area contributed by atoms with Crippen LogP contribution >= 0.6 is 0 Å². The maximum Gasteiger partial charge on any atom is 0.408 e. The molecule has 0 aliphatic carbocycles. The molecule has 2 N–H and O–H groups in total. The smallest absolute Gasteiger partial charge is 0.408 e. The van der Waals surface area contributed by atoms with Gasteiger partial charge in [0.2, 0.25) is 0 Å². The van der Waals surface area contributed by atoms with Crippen LogP contribution in [0.15, 0.2) is 0 Å². The molecule has 0 aromatic heterocycles. The first-order chi connectivity index (χ1) is 7.07. The molecule has 1 aliphatic heterocycles. The first-order valence-corrected chi connectivity index (χ1v) is 4.60. The van der Waals surface area contributed by atoms with Gasteiger partial charge < -0.3 is 10.4 Å². The third-order valence-corrected chi connectivity index (χ3v) is 2.36. The van der Waals surface area contributed by atoms with Gasteiger partial charge in [0.05, 0.1) is 7.11 Å². The van der Waals surface area contributed by atoms with Crippen LogP contribution in [0.1, 0.15) is 0 Å². The number of carbonyl (C=O) groups is 2. The molecular weight excluding hydrogens is 202 g/mol. The molecule has 1 saturated heterocycles. The van der Waals surface area contributed by atoms with Crippen molar-refractivity contribution in [2.24, 2.45) is 0 Å². The molecule has 1 fully saturated rings. The number of hydrogen-bond donors (Lipinski definition) is 2. The fourth-order valence-corrected chi connectivity index (χ4v) is 1.45. The second-order valence-electron chi connectivity index (χ2n) is 3.21. The lowest BCUT2D eigenvalue weighted by Crippen LogP contribution is -2.59. The van der Waals surface area contributed by atoms with E-state index in [4.69, 9.17) is 9.94 Å². The number of rotatable bonds is 2. The Morgan fingerprint density at radius 3 is 2.80 bits per heavy atom. The van der Waals surface area contributed by atoms with Gasteiger partial charge in [0.25, 0.3) is 5.91 Å². The Morgan fingerprint density at radius 1 is 1.60 bits per heavy atom. The van der Waals surface area contributed by atoms with Crippen molar-refractivity contribution in [1.82, 2.24) is 15.3 Å². The van der Waals surface area contributed by atoms with Gasteiger partial charge in [-0.1, -0.05) is 0 Å². The highest BCUT2D eigenvalue weighted by Crippen LogP contribution is 2.06. The quantitative estimate of drug-likeness (QED) is 0.577. The van der Waals surface area contributed by atoms with E-state index in [9.17, 15) is 9.59 Å². The number of likely N-dealkylation sites (N-methyl/N-ethyl adjacent to an activating group) is 1. The summed E-state index contributed by atoms with van der Waals surface area (Å²) in [4.78, 5) is 28.4. The molecule has 0 radical (unpaired) electrons. The summed E-state index contributed by atoms with van der Waals surface area (Å²) in [7, 11) is 2.82. The van der Waals surface area contributed by atoms with Crippen LogP contribution in [-0.2, 0) is 9.63 Å². The predicted molar refractivity (Wildman–Crippen MR) is 51.2 cm³/mol. The summed E-state index contributed by atoms with van der Waals surface area (Å²) in [6, 6.07) is -0.707. The van der Waals surface area contributed by atoms with E-state index in [1.165, 1.54) is 14.2 Å². The van der Waals surface area contributed by atoms with Gasteiger partial charge in [-0.2, -0.15) is 0 Å². The Morgan fingerprint density at radius 2 is 2.27 bits per heavy atom. The SMILES string of the molecule is CON(C)C(=O)C1CNCCN1C(=O)O. The van der Waals surface area contributed by atoms with Gasteiger partial charge in [-0.3, -0.25) is 14.5 Å². The minimum absolute atomic E-state index is 0.309. The topological polar surface area (TPSA) is 82.1 Å². The zero-order valence-corrected chi connectivity index (χ0v) is 8.77. The maximum atomic E-state index is 11.7. The van der Waals surface area contributed by atoms with Gasteiger partial charge in [-0.15, -0.1) is 0 Å². The number of hydroxylamine groups is 2. The second kappa shape index (κ2) is 4.94. The molecule has 0 bridgehead atoms. The number of piperazine rings is 1. The average molecular weight is 217 g/mol. The van der Waals surface area contributed by atoms with Gasteiger partial charge >= 0.3 is 6.09 Å². The molecule has 1 rings (SSSR count). The molecule has 7 heteroatoms. The number of carboxylic acid groups (broad SMARTS) is 1. The molecule has 0 spiro atoms. The molecule has 2 amide bonds. The van der Waals surface area contributed by atoms with E-state index in [-0.39, 0.29) is 5.91 Å². The van der Waals surface area contributed by atoms with E-state index in [1.54, 1.807) is 0 Å². The normalized spacial score (nSPS) is 21.2. The van der Waals surface area contributed by atoms with Gasteiger partial charge in [0.15, 0.2) is 0 Å². The summed E-state index contributed by atoms with van der Waals surface area (Å²) in [6.07, 6.45) is -1.08. The molecule has 1 aliphatic rings. The maximum absolute atomic E-state index is 11.7. The van der Waals surface area contributed by atoms with Gasteiger partial charge in [0, 0.05) is 26.7 Å².